The van der Waals surface area contributed by atoms with E-state index in [2.05, 4.69) is 25.7 Å². The Kier molecular flexibility index (Phi) is 6.84. The molecule has 0 saturated heterocycles. The summed E-state index contributed by atoms with van der Waals surface area (Å²) < 4.78 is 0. The highest BCUT2D eigenvalue weighted by molar-refractivity contribution is 5.83. The molecule has 1 fully saturated rings. The molecule has 0 atom stereocenters. The normalized spacial score (nSPS) is 15.6. The van der Waals surface area contributed by atoms with E-state index in [0.717, 1.165) is 45.1 Å². The molecule has 1 rings (SSSR count). The van der Waals surface area contributed by atoms with Gasteiger partial charge < -0.3 is 10.6 Å². The quantitative estimate of drug-likeness (QED) is 0.660. The molecular weight excluding hydrogens is 236 g/mol. The minimum Gasteiger partial charge on any atom is -0.339 e. The van der Waals surface area contributed by atoms with Crippen LogP contribution < -0.4 is 5.73 Å². The van der Waals surface area contributed by atoms with Gasteiger partial charge in [0, 0.05) is 19.1 Å². The number of unbranched alkanes of at least 4 members (excludes halogenated alkanes) is 1. The third-order valence-corrected chi connectivity index (χ3v) is 4.30. The second-order valence-corrected chi connectivity index (χ2v) is 6.07. The fourth-order valence-corrected chi connectivity index (χ4v) is 3.06. The maximum Gasteiger partial charge on any atom is 0.230 e. The zero-order chi connectivity index (χ0) is 14.3. The monoisotopic (exact) mass is 268 g/mol. The Hall–Kier alpha value is -0.570. The molecular formula is C16H32N2O. The van der Waals surface area contributed by atoms with Gasteiger partial charge in [0.2, 0.25) is 5.91 Å². The number of carbonyl (C=O) groups excluding carboxylic acids is 1. The molecule has 3 heteroatoms. The van der Waals surface area contributed by atoms with Crippen LogP contribution in [-0.2, 0) is 4.79 Å². The van der Waals surface area contributed by atoms with Gasteiger partial charge in [-0.1, -0.05) is 40.0 Å². The van der Waals surface area contributed by atoms with Gasteiger partial charge in [-0.25, -0.2) is 0 Å². The topological polar surface area (TPSA) is 46.3 Å². The molecule has 112 valence electrons. The van der Waals surface area contributed by atoms with Crippen molar-refractivity contribution in [3.05, 3.63) is 0 Å². The van der Waals surface area contributed by atoms with Crippen LogP contribution in [0, 0.1) is 5.41 Å². The molecule has 0 unspecified atom stereocenters. The first kappa shape index (κ1) is 16.5. The van der Waals surface area contributed by atoms with Crippen molar-refractivity contribution in [2.24, 2.45) is 11.1 Å². The molecule has 3 nitrogen and oxygen atoms in total. The van der Waals surface area contributed by atoms with Crippen molar-refractivity contribution in [3.63, 3.8) is 0 Å². The number of rotatable bonds is 10. The zero-order valence-electron chi connectivity index (χ0n) is 13.1. The summed E-state index contributed by atoms with van der Waals surface area (Å²) in [7, 11) is 0. The predicted octanol–water partition coefficient (Wildman–Crippen LogP) is 3.32. The molecule has 1 amide bonds. The molecule has 0 aromatic heterocycles. The second kappa shape index (κ2) is 7.88. The fraction of sp³-hybridized carbons (Fsp3) is 0.938. The van der Waals surface area contributed by atoms with Crippen LogP contribution in [0.2, 0.25) is 0 Å². The molecule has 0 aromatic carbocycles. The molecule has 2 N–H and O–H groups in total. The van der Waals surface area contributed by atoms with Gasteiger partial charge in [0.05, 0.1) is 5.41 Å². The fourth-order valence-electron chi connectivity index (χ4n) is 3.06. The van der Waals surface area contributed by atoms with Crippen LogP contribution in [0.25, 0.3) is 0 Å². The van der Waals surface area contributed by atoms with Crippen molar-refractivity contribution in [1.29, 1.82) is 0 Å². The summed E-state index contributed by atoms with van der Waals surface area (Å²) in [5, 5.41) is 0. The molecule has 0 bridgehead atoms. The summed E-state index contributed by atoms with van der Waals surface area (Å²) in [6.07, 6.45) is 8.58. The number of carbonyl (C=O) groups is 1. The molecule has 0 heterocycles. The summed E-state index contributed by atoms with van der Waals surface area (Å²) in [5.74, 6) is 0.342. The Morgan fingerprint density at radius 2 is 1.74 bits per heavy atom. The molecule has 0 aliphatic heterocycles. The van der Waals surface area contributed by atoms with Gasteiger partial charge in [0.25, 0.3) is 0 Å². The van der Waals surface area contributed by atoms with Crippen LogP contribution in [0.1, 0.15) is 72.1 Å². The Labute approximate surface area is 118 Å². The van der Waals surface area contributed by atoms with E-state index >= 15 is 0 Å². The molecule has 1 aliphatic rings. The minimum absolute atomic E-state index is 0.292. The van der Waals surface area contributed by atoms with E-state index in [1.807, 2.05) is 0 Å². The summed E-state index contributed by atoms with van der Waals surface area (Å²) >= 11 is 0. The van der Waals surface area contributed by atoms with E-state index in [1.54, 1.807) is 0 Å². The predicted molar refractivity (Wildman–Crippen MR) is 80.9 cm³/mol. The number of hydrogen-bond acceptors (Lipinski definition) is 2. The van der Waals surface area contributed by atoms with Crippen LogP contribution in [-0.4, -0.2) is 29.9 Å². The lowest BCUT2D eigenvalue weighted by molar-refractivity contribution is -0.143. The SMILES string of the molecule is CCCCN(C(=O)C(CN)(CCC)CCC)C1CC1. The van der Waals surface area contributed by atoms with Gasteiger partial charge >= 0.3 is 0 Å². The summed E-state index contributed by atoms with van der Waals surface area (Å²) in [5.41, 5.74) is 5.73. The first-order valence-electron chi connectivity index (χ1n) is 8.16. The Balaban J connectivity index is 2.81. The van der Waals surface area contributed by atoms with Crippen LogP contribution in [0.4, 0.5) is 0 Å². The van der Waals surface area contributed by atoms with E-state index in [4.69, 9.17) is 5.73 Å². The first-order valence-corrected chi connectivity index (χ1v) is 8.16. The number of nitrogens with zero attached hydrogens (tertiary/aromatic N) is 1. The van der Waals surface area contributed by atoms with Crippen molar-refractivity contribution in [2.45, 2.75) is 78.2 Å². The highest BCUT2D eigenvalue weighted by Crippen LogP contribution is 2.36. The van der Waals surface area contributed by atoms with E-state index in [0.29, 0.717) is 18.5 Å². The standard InChI is InChI=1S/C16H32N2O/c1-4-7-12-18(14-8-9-14)15(19)16(13-17,10-5-2)11-6-3/h14H,4-13,17H2,1-3H3. The lowest BCUT2D eigenvalue weighted by Gasteiger charge is -2.37. The Morgan fingerprint density at radius 3 is 2.11 bits per heavy atom. The molecule has 0 spiro atoms. The number of hydrogen-bond donors (Lipinski definition) is 1. The van der Waals surface area contributed by atoms with Crippen molar-refractivity contribution >= 4 is 5.91 Å². The van der Waals surface area contributed by atoms with Crippen LogP contribution in [0.3, 0.4) is 0 Å². The average Bonchev–Trinajstić information content (AvgIpc) is 3.23. The second-order valence-electron chi connectivity index (χ2n) is 6.07. The molecule has 19 heavy (non-hydrogen) atoms. The van der Waals surface area contributed by atoms with E-state index in [9.17, 15) is 4.79 Å². The van der Waals surface area contributed by atoms with Crippen molar-refractivity contribution in [2.75, 3.05) is 13.1 Å². The molecule has 0 aromatic rings. The lowest BCUT2D eigenvalue weighted by atomic mass is 9.77. The summed E-state index contributed by atoms with van der Waals surface area (Å²) in [4.78, 5) is 15.2. The Bertz CT molecular complexity index is 268. The van der Waals surface area contributed by atoms with Gasteiger partial charge in [0.1, 0.15) is 0 Å². The van der Waals surface area contributed by atoms with Gasteiger partial charge in [0.15, 0.2) is 0 Å². The smallest absolute Gasteiger partial charge is 0.230 e. The largest absolute Gasteiger partial charge is 0.339 e. The zero-order valence-corrected chi connectivity index (χ0v) is 13.1. The van der Waals surface area contributed by atoms with Crippen LogP contribution >= 0.6 is 0 Å². The van der Waals surface area contributed by atoms with Crippen molar-refractivity contribution in [1.82, 2.24) is 4.90 Å². The maximum absolute atomic E-state index is 13.0. The first-order chi connectivity index (χ1) is 9.15. The van der Waals surface area contributed by atoms with E-state index in [-0.39, 0.29) is 5.41 Å². The van der Waals surface area contributed by atoms with Gasteiger partial charge in [-0.2, -0.15) is 0 Å². The maximum atomic E-state index is 13.0. The molecule has 1 saturated carbocycles. The lowest BCUT2D eigenvalue weighted by Crippen LogP contribution is -2.49. The van der Waals surface area contributed by atoms with E-state index < -0.39 is 0 Å². The number of nitrogens with two attached hydrogens (primary N) is 1. The summed E-state index contributed by atoms with van der Waals surface area (Å²) in [6, 6.07) is 0.513. The minimum atomic E-state index is -0.292. The van der Waals surface area contributed by atoms with Gasteiger partial charge in [-0.15, -0.1) is 0 Å². The van der Waals surface area contributed by atoms with Crippen molar-refractivity contribution < 1.29 is 4.79 Å². The molecule has 1 aliphatic carbocycles. The third-order valence-electron chi connectivity index (χ3n) is 4.30. The summed E-state index contributed by atoms with van der Waals surface area (Å²) in [6.45, 7) is 7.92. The van der Waals surface area contributed by atoms with Crippen molar-refractivity contribution in [3.8, 4) is 0 Å². The highest BCUT2D eigenvalue weighted by Gasteiger charge is 2.42. The van der Waals surface area contributed by atoms with Gasteiger partial charge in [-0.05, 0) is 32.1 Å². The van der Waals surface area contributed by atoms with E-state index in [1.165, 1.54) is 12.8 Å². The highest BCUT2D eigenvalue weighted by atomic mass is 16.2. The average molecular weight is 268 g/mol. The number of amides is 1. The van der Waals surface area contributed by atoms with Crippen LogP contribution in [0.15, 0.2) is 0 Å². The third kappa shape index (κ3) is 4.20. The van der Waals surface area contributed by atoms with Gasteiger partial charge in [-0.3, -0.25) is 4.79 Å². The van der Waals surface area contributed by atoms with Crippen LogP contribution in [0.5, 0.6) is 0 Å². The Morgan fingerprint density at radius 1 is 1.16 bits per heavy atom. The molecule has 0 radical (unpaired) electrons.